The first kappa shape index (κ1) is 14.5. The number of nitrogens with two attached hydrogens (primary N) is 1. The molecule has 20 heavy (non-hydrogen) atoms. The Bertz CT molecular complexity index is 699. The number of pyridine rings is 1. The van der Waals surface area contributed by atoms with E-state index >= 15 is 0 Å². The number of nitrogen functional groups attached to an aromatic ring is 1. The molecule has 0 fully saturated rings. The van der Waals surface area contributed by atoms with E-state index in [1.54, 1.807) is 6.07 Å². The summed E-state index contributed by atoms with van der Waals surface area (Å²) in [6.07, 6.45) is 2.09. The summed E-state index contributed by atoms with van der Waals surface area (Å²) in [5, 5.41) is 0. The van der Waals surface area contributed by atoms with Crippen molar-refractivity contribution in [2.45, 2.75) is 18.2 Å². The van der Waals surface area contributed by atoms with Crippen molar-refractivity contribution in [2.24, 2.45) is 0 Å². The van der Waals surface area contributed by atoms with Crippen LogP contribution in [0.4, 0.5) is 5.82 Å². The largest absolute Gasteiger partial charge is 0.383 e. The van der Waals surface area contributed by atoms with E-state index in [0.29, 0.717) is 13.0 Å². The molecule has 0 aliphatic rings. The molecule has 6 heteroatoms. The smallest absolute Gasteiger partial charge is 0.244 e. The maximum absolute atomic E-state index is 12.1. The normalized spacial score (nSPS) is 11.4. The monoisotopic (exact) mass is 291 g/mol. The van der Waals surface area contributed by atoms with E-state index in [9.17, 15) is 8.42 Å². The number of anilines is 1. The minimum atomic E-state index is -3.61. The van der Waals surface area contributed by atoms with Gasteiger partial charge in [0.25, 0.3) is 0 Å². The van der Waals surface area contributed by atoms with E-state index in [1.807, 2.05) is 31.2 Å². The zero-order valence-electron chi connectivity index (χ0n) is 11.2. The summed E-state index contributed by atoms with van der Waals surface area (Å²) < 4.78 is 26.7. The van der Waals surface area contributed by atoms with Gasteiger partial charge in [-0.1, -0.05) is 29.8 Å². The molecule has 1 heterocycles. The van der Waals surface area contributed by atoms with Gasteiger partial charge in [0.1, 0.15) is 10.7 Å². The Hall–Kier alpha value is -1.92. The molecule has 0 saturated carbocycles. The van der Waals surface area contributed by atoms with Crippen molar-refractivity contribution in [3.8, 4) is 0 Å². The van der Waals surface area contributed by atoms with Crippen molar-refractivity contribution in [3.63, 3.8) is 0 Å². The van der Waals surface area contributed by atoms with E-state index in [0.717, 1.165) is 11.1 Å². The number of aryl methyl sites for hydroxylation is 1. The number of nitrogens with zero attached hydrogens (tertiary/aromatic N) is 1. The van der Waals surface area contributed by atoms with Gasteiger partial charge in [-0.15, -0.1) is 0 Å². The van der Waals surface area contributed by atoms with E-state index < -0.39 is 10.0 Å². The molecule has 0 saturated heterocycles. The van der Waals surface area contributed by atoms with Crippen molar-refractivity contribution in [1.82, 2.24) is 9.71 Å². The van der Waals surface area contributed by atoms with Gasteiger partial charge in [0.15, 0.2) is 0 Å². The van der Waals surface area contributed by atoms with Gasteiger partial charge in [-0.05, 0) is 31.0 Å². The highest BCUT2D eigenvalue weighted by molar-refractivity contribution is 7.89. The lowest BCUT2D eigenvalue weighted by atomic mass is 10.1. The molecule has 0 amide bonds. The van der Waals surface area contributed by atoms with Crippen LogP contribution in [-0.4, -0.2) is 19.9 Å². The van der Waals surface area contributed by atoms with Gasteiger partial charge in [-0.2, -0.15) is 0 Å². The van der Waals surface area contributed by atoms with Crippen molar-refractivity contribution < 1.29 is 8.42 Å². The second-order valence-electron chi connectivity index (χ2n) is 4.52. The Kier molecular flexibility index (Phi) is 4.36. The highest BCUT2D eigenvalue weighted by atomic mass is 32.2. The molecule has 1 aromatic carbocycles. The van der Waals surface area contributed by atoms with Crippen molar-refractivity contribution in [3.05, 3.63) is 53.7 Å². The summed E-state index contributed by atoms with van der Waals surface area (Å²) in [6, 6.07) is 11.0. The molecule has 1 aromatic heterocycles. The number of sulfonamides is 1. The van der Waals surface area contributed by atoms with Gasteiger partial charge in [0.05, 0.1) is 0 Å². The fourth-order valence-electron chi connectivity index (χ4n) is 1.91. The Balaban J connectivity index is 2.02. The lowest BCUT2D eigenvalue weighted by molar-refractivity contribution is 0.581. The predicted octanol–water partition coefficient (Wildman–Crippen LogP) is 1.49. The zero-order chi connectivity index (χ0) is 14.6. The number of hydrogen-bond acceptors (Lipinski definition) is 4. The Labute approximate surface area is 118 Å². The second kappa shape index (κ2) is 6.02. The molecule has 2 rings (SSSR count). The van der Waals surface area contributed by atoms with Gasteiger partial charge in [0, 0.05) is 12.7 Å². The van der Waals surface area contributed by atoms with E-state index in [-0.39, 0.29) is 10.7 Å². The molecular formula is C14H17N3O2S. The van der Waals surface area contributed by atoms with Crippen LogP contribution < -0.4 is 10.5 Å². The summed E-state index contributed by atoms with van der Waals surface area (Å²) in [7, 11) is -3.61. The standard InChI is InChI=1S/C14H17N3O2S/c1-11-4-2-5-12(10-11)7-9-17-20(18,19)13-6-3-8-16-14(13)15/h2-6,8,10,17H,7,9H2,1H3,(H2,15,16). The molecule has 0 unspecified atom stereocenters. The van der Waals surface area contributed by atoms with E-state index in [1.165, 1.54) is 12.3 Å². The van der Waals surface area contributed by atoms with Crippen molar-refractivity contribution in [1.29, 1.82) is 0 Å². The fourth-order valence-corrected chi connectivity index (χ4v) is 3.02. The minimum absolute atomic E-state index is 0.00977. The van der Waals surface area contributed by atoms with E-state index in [4.69, 9.17) is 5.73 Å². The molecule has 0 aliphatic heterocycles. The molecule has 0 radical (unpaired) electrons. The first-order valence-electron chi connectivity index (χ1n) is 6.25. The third-order valence-corrected chi connectivity index (χ3v) is 4.39. The minimum Gasteiger partial charge on any atom is -0.383 e. The van der Waals surface area contributed by atoms with Gasteiger partial charge >= 0.3 is 0 Å². The third-order valence-electron chi connectivity index (χ3n) is 2.88. The van der Waals surface area contributed by atoms with Crippen LogP contribution in [0.2, 0.25) is 0 Å². The summed E-state index contributed by atoms with van der Waals surface area (Å²) in [5.74, 6) is 0.00977. The lowest BCUT2D eigenvalue weighted by Crippen LogP contribution is -2.27. The first-order valence-corrected chi connectivity index (χ1v) is 7.73. The van der Waals surface area contributed by atoms with Crippen LogP contribution in [0.25, 0.3) is 0 Å². The number of hydrogen-bond donors (Lipinski definition) is 2. The molecule has 0 spiro atoms. The van der Waals surface area contributed by atoms with Gasteiger partial charge in [-0.3, -0.25) is 0 Å². The SMILES string of the molecule is Cc1cccc(CCNS(=O)(=O)c2cccnc2N)c1. The molecule has 106 valence electrons. The van der Waals surface area contributed by atoms with Crippen LogP contribution in [0.15, 0.2) is 47.5 Å². The fraction of sp³-hybridized carbons (Fsp3) is 0.214. The summed E-state index contributed by atoms with van der Waals surface area (Å²) in [4.78, 5) is 3.80. The average Bonchev–Trinajstić information content (AvgIpc) is 2.39. The highest BCUT2D eigenvalue weighted by Gasteiger charge is 2.16. The van der Waals surface area contributed by atoms with Gasteiger partial charge < -0.3 is 5.73 Å². The zero-order valence-corrected chi connectivity index (χ0v) is 12.0. The summed E-state index contributed by atoms with van der Waals surface area (Å²) in [5.41, 5.74) is 7.82. The molecule has 2 aromatic rings. The van der Waals surface area contributed by atoms with Crippen molar-refractivity contribution >= 4 is 15.8 Å². The maximum Gasteiger partial charge on any atom is 0.244 e. The second-order valence-corrected chi connectivity index (χ2v) is 6.26. The van der Waals surface area contributed by atoms with E-state index in [2.05, 4.69) is 9.71 Å². The maximum atomic E-state index is 12.1. The third kappa shape index (κ3) is 3.55. The van der Waals surface area contributed by atoms with Crippen LogP contribution in [0.1, 0.15) is 11.1 Å². The summed E-state index contributed by atoms with van der Waals surface area (Å²) in [6.45, 7) is 2.32. The molecular weight excluding hydrogens is 274 g/mol. The first-order chi connectivity index (χ1) is 9.49. The molecule has 0 aliphatic carbocycles. The van der Waals surface area contributed by atoms with Crippen LogP contribution in [0.5, 0.6) is 0 Å². The molecule has 5 nitrogen and oxygen atoms in total. The number of rotatable bonds is 5. The lowest BCUT2D eigenvalue weighted by Gasteiger charge is -2.08. The topological polar surface area (TPSA) is 85.1 Å². The average molecular weight is 291 g/mol. The highest BCUT2D eigenvalue weighted by Crippen LogP contribution is 2.14. The molecule has 0 atom stereocenters. The van der Waals surface area contributed by atoms with Gasteiger partial charge in [0.2, 0.25) is 10.0 Å². The quantitative estimate of drug-likeness (QED) is 0.874. The van der Waals surface area contributed by atoms with Crippen LogP contribution >= 0.6 is 0 Å². The Morgan fingerprint density at radius 1 is 1.25 bits per heavy atom. The Morgan fingerprint density at radius 2 is 2.05 bits per heavy atom. The van der Waals surface area contributed by atoms with Crippen LogP contribution in [0, 0.1) is 6.92 Å². The summed E-state index contributed by atoms with van der Waals surface area (Å²) >= 11 is 0. The molecule has 0 bridgehead atoms. The van der Waals surface area contributed by atoms with Gasteiger partial charge in [-0.25, -0.2) is 18.1 Å². The van der Waals surface area contributed by atoms with Crippen LogP contribution in [-0.2, 0) is 16.4 Å². The van der Waals surface area contributed by atoms with Crippen molar-refractivity contribution in [2.75, 3.05) is 12.3 Å². The Morgan fingerprint density at radius 3 is 2.75 bits per heavy atom. The number of aromatic nitrogens is 1. The molecule has 3 N–H and O–H groups in total. The number of benzene rings is 1. The predicted molar refractivity (Wildman–Crippen MR) is 78.7 cm³/mol. The number of nitrogens with one attached hydrogen (secondary N) is 1. The van der Waals surface area contributed by atoms with Crippen LogP contribution in [0.3, 0.4) is 0 Å².